The topological polar surface area (TPSA) is 66.8 Å². The molecule has 0 spiro atoms. The van der Waals surface area contributed by atoms with Crippen LogP contribution in [-0.4, -0.2) is 16.2 Å². The summed E-state index contributed by atoms with van der Waals surface area (Å²) in [7, 11) is 0. The van der Waals surface area contributed by atoms with Gasteiger partial charge in [-0.2, -0.15) is 0 Å². The molecule has 0 amide bonds. The molecule has 3 aromatic rings. The van der Waals surface area contributed by atoms with Gasteiger partial charge in [0.1, 0.15) is 18.5 Å². The molecule has 0 aliphatic carbocycles. The van der Waals surface area contributed by atoms with Crippen LogP contribution in [0.3, 0.4) is 0 Å². The fraction of sp³-hybridized carbons (Fsp3) is 0.115. The number of benzene rings is 3. The Morgan fingerprint density at radius 3 is 2.30 bits per heavy atom. The first-order valence-electron chi connectivity index (χ1n) is 9.67. The molecule has 4 nitrogen and oxygen atoms in total. The molecule has 0 aliphatic heterocycles. The van der Waals surface area contributed by atoms with Gasteiger partial charge in [-0.15, -0.1) is 0 Å². The summed E-state index contributed by atoms with van der Waals surface area (Å²) in [5, 5.41) is 19.7. The van der Waals surface area contributed by atoms with Crippen LogP contribution in [0.1, 0.15) is 33.9 Å². The zero-order valence-corrected chi connectivity index (χ0v) is 16.7. The molecular formula is C26H24O4. The molecule has 4 heteroatoms. The molecule has 152 valence electrons. The van der Waals surface area contributed by atoms with E-state index in [0.717, 1.165) is 28.3 Å². The van der Waals surface area contributed by atoms with Gasteiger partial charge in [0.15, 0.2) is 0 Å². The highest BCUT2D eigenvalue weighted by Crippen LogP contribution is 2.31. The fourth-order valence-electron chi connectivity index (χ4n) is 3.11. The molecule has 3 aromatic carbocycles. The summed E-state index contributed by atoms with van der Waals surface area (Å²) >= 11 is 0. The Morgan fingerprint density at radius 1 is 0.933 bits per heavy atom. The second kappa shape index (κ2) is 10.2. The molecule has 2 N–H and O–H groups in total. The average Bonchev–Trinajstić information content (AvgIpc) is 2.76. The number of aliphatic hydroxyl groups is 1. The zero-order chi connectivity index (χ0) is 21.3. The summed E-state index contributed by atoms with van der Waals surface area (Å²) in [6.45, 7) is 2.37. The summed E-state index contributed by atoms with van der Waals surface area (Å²) in [4.78, 5) is 10.8. The van der Waals surface area contributed by atoms with Gasteiger partial charge < -0.3 is 14.9 Å². The zero-order valence-electron chi connectivity index (χ0n) is 16.7. The van der Waals surface area contributed by atoms with E-state index in [1.165, 1.54) is 6.08 Å². The van der Waals surface area contributed by atoms with Gasteiger partial charge in [0.05, 0.1) is 0 Å². The number of ether oxygens (including phenoxy) is 1. The average molecular weight is 400 g/mol. The van der Waals surface area contributed by atoms with Crippen molar-refractivity contribution in [1.29, 1.82) is 0 Å². The van der Waals surface area contributed by atoms with E-state index in [0.29, 0.717) is 17.9 Å². The van der Waals surface area contributed by atoms with E-state index >= 15 is 0 Å². The number of carbonyl (C=O) groups is 1. The van der Waals surface area contributed by atoms with Crippen LogP contribution >= 0.6 is 0 Å². The Hall–Kier alpha value is -3.63. The standard InChI is InChI=1S/C26H24O4/c1-19-8-7-13-23(26(19)30-18-20-9-3-2-4-10-20)24(27)16-14-21-11-5-6-12-22(21)15-17-25(28)29/h2-17,24,27H,18H2,1H3,(H,28,29). The smallest absolute Gasteiger partial charge is 0.328 e. The Labute approximate surface area is 176 Å². The Kier molecular flexibility index (Phi) is 7.19. The van der Waals surface area contributed by atoms with Gasteiger partial charge in [-0.25, -0.2) is 4.79 Å². The van der Waals surface area contributed by atoms with Gasteiger partial charge in [0, 0.05) is 11.6 Å². The summed E-state index contributed by atoms with van der Waals surface area (Å²) in [5.74, 6) is -0.341. The van der Waals surface area contributed by atoms with Crippen LogP contribution < -0.4 is 4.74 Å². The number of para-hydroxylation sites is 1. The summed E-state index contributed by atoms with van der Waals surface area (Å²) in [5.41, 5.74) is 4.25. The SMILES string of the molecule is Cc1cccc(C(O)C=Cc2ccccc2C=CC(=O)O)c1OCc1ccccc1. The Bertz CT molecular complexity index is 1050. The first-order valence-corrected chi connectivity index (χ1v) is 9.67. The molecule has 0 saturated carbocycles. The number of hydrogen-bond acceptors (Lipinski definition) is 3. The number of aliphatic carboxylic acids is 1. The molecule has 30 heavy (non-hydrogen) atoms. The Morgan fingerprint density at radius 2 is 1.60 bits per heavy atom. The minimum absolute atomic E-state index is 0.415. The normalized spacial score (nSPS) is 12.3. The van der Waals surface area contributed by atoms with Gasteiger partial charge in [-0.1, -0.05) is 84.9 Å². The number of rotatable bonds is 8. The minimum atomic E-state index is -1.01. The molecule has 0 aromatic heterocycles. The molecule has 0 saturated heterocycles. The van der Waals surface area contributed by atoms with Crippen molar-refractivity contribution in [3.63, 3.8) is 0 Å². The number of carboxylic acids is 1. The Balaban J connectivity index is 1.81. The second-order valence-electron chi connectivity index (χ2n) is 6.87. The maximum absolute atomic E-state index is 10.8. The van der Waals surface area contributed by atoms with Crippen molar-refractivity contribution >= 4 is 18.1 Å². The lowest BCUT2D eigenvalue weighted by Gasteiger charge is -2.16. The van der Waals surface area contributed by atoms with E-state index in [4.69, 9.17) is 9.84 Å². The van der Waals surface area contributed by atoms with E-state index in [9.17, 15) is 9.90 Å². The predicted octanol–water partition coefficient (Wildman–Crippen LogP) is 5.42. The van der Waals surface area contributed by atoms with Crippen LogP contribution in [0, 0.1) is 6.92 Å². The minimum Gasteiger partial charge on any atom is -0.488 e. The van der Waals surface area contributed by atoms with E-state index in [-0.39, 0.29) is 0 Å². The number of aryl methyl sites for hydroxylation is 1. The van der Waals surface area contributed by atoms with Gasteiger partial charge >= 0.3 is 5.97 Å². The van der Waals surface area contributed by atoms with Crippen molar-refractivity contribution in [3.05, 3.63) is 113 Å². The highest BCUT2D eigenvalue weighted by molar-refractivity contribution is 5.86. The largest absolute Gasteiger partial charge is 0.488 e. The van der Waals surface area contributed by atoms with Gasteiger partial charge in [-0.05, 0) is 35.3 Å². The van der Waals surface area contributed by atoms with E-state index < -0.39 is 12.1 Å². The monoisotopic (exact) mass is 400 g/mol. The summed E-state index contributed by atoms with van der Waals surface area (Å²) in [6.07, 6.45) is 5.23. The molecule has 0 heterocycles. The fourth-order valence-corrected chi connectivity index (χ4v) is 3.11. The number of hydrogen-bond donors (Lipinski definition) is 2. The third-order valence-corrected chi connectivity index (χ3v) is 4.65. The lowest BCUT2D eigenvalue weighted by atomic mass is 10.0. The third kappa shape index (κ3) is 5.69. The molecule has 3 rings (SSSR count). The predicted molar refractivity (Wildman–Crippen MR) is 119 cm³/mol. The highest BCUT2D eigenvalue weighted by Gasteiger charge is 2.13. The summed E-state index contributed by atoms with van der Waals surface area (Å²) in [6, 6.07) is 23.0. The van der Waals surface area contributed by atoms with Crippen LogP contribution in [0.15, 0.2) is 84.9 Å². The quantitative estimate of drug-likeness (QED) is 0.496. The second-order valence-corrected chi connectivity index (χ2v) is 6.87. The number of aliphatic hydroxyl groups excluding tert-OH is 1. The molecular weight excluding hydrogens is 376 g/mol. The first kappa shape index (κ1) is 21.1. The van der Waals surface area contributed by atoms with Crippen LogP contribution in [0.4, 0.5) is 0 Å². The van der Waals surface area contributed by atoms with E-state index in [1.807, 2.05) is 79.7 Å². The van der Waals surface area contributed by atoms with Crippen molar-refractivity contribution in [3.8, 4) is 5.75 Å². The van der Waals surface area contributed by atoms with Crippen molar-refractivity contribution in [2.75, 3.05) is 0 Å². The molecule has 0 radical (unpaired) electrons. The lowest BCUT2D eigenvalue weighted by Crippen LogP contribution is -2.03. The molecule has 0 bridgehead atoms. The number of carboxylic acid groups (broad SMARTS) is 1. The molecule has 0 aliphatic rings. The lowest BCUT2D eigenvalue weighted by molar-refractivity contribution is -0.131. The van der Waals surface area contributed by atoms with Gasteiger partial charge in [0.25, 0.3) is 0 Å². The molecule has 1 atom stereocenters. The maximum atomic E-state index is 10.8. The molecule has 1 unspecified atom stereocenters. The van der Waals surface area contributed by atoms with Crippen LogP contribution in [0.5, 0.6) is 5.75 Å². The van der Waals surface area contributed by atoms with Crippen LogP contribution in [0.2, 0.25) is 0 Å². The first-order chi connectivity index (χ1) is 14.5. The van der Waals surface area contributed by atoms with Crippen molar-refractivity contribution < 1.29 is 19.7 Å². The van der Waals surface area contributed by atoms with Gasteiger partial charge in [-0.3, -0.25) is 0 Å². The van der Waals surface area contributed by atoms with Crippen LogP contribution in [0.25, 0.3) is 12.2 Å². The van der Waals surface area contributed by atoms with Crippen molar-refractivity contribution in [2.45, 2.75) is 19.6 Å². The third-order valence-electron chi connectivity index (χ3n) is 4.65. The van der Waals surface area contributed by atoms with E-state index in [1.54, 1.807) is 12.2 Å². The van der Waals surface area contributed by atoms with E-state index in [2.05, 4.69) is 0 Å². The maximum Gasteiger partial charge on any atom is 0.328 e. The van der Waals surface area contributed by atoms with Crippen molar-refractivity contribution in [2.24, 2.45) is 0 Å². The van der Waals surface area contributed by atoms with Gasteiger partial charge in [0.2, 0.25) is 0 Å². The van der Waals surface area contributed by atoms with Crippen molar-refractivity contribution in [1.82, 2.24) is 0 Å². The highest BCUT2D eigenvalue weighted by atomic mass is 16.5. The molecule has 0 fully saturated rings. The van der Waals surface area contributed by atoms with Crippen LogP contribution in [-0.2, 0) is 11.4 Å². The summed E-state index contributed by atoms with van der Waals surface area (Å²) < 4.78 is 6.05.